The first kappa shape index (κ1) is 19.9. The number of halogens is 1. The van der Waals surface area contributed by atoms with Gasteiger partial charge in [0.1, 0.15) is 11.4 Å². The first-order chi connectivity index (χ1) is 12.8. The molecule has 2 rings (SSSR count). The Balaban J connectivity index is 2.31. The van der Waals surface area contributed by atoms with Crippen LogP contribution in [0.1, 0.15) is 18.1 Å². The molecule has 2 aromatic rings. The fourth-order valence-electron chi connectivity index (χ4n) is 2.17. The van der Waals surface area contributed by atoms with Gasteiger partial charge in [-0.2, -0.15) is 0 Å². The lowest BCUT2D eigenvalue weighted by Gasteiger charge is -2.10. The second kappa shape index (κ2) is 9.35. The Morgan fingerprint density at radius 3 is 2.11 bits per heavy atom. The molecule has 0 spiro atoms. The zero-order valence-electron chi connectivity index (χ0n) is 14.4. The Morgan fingerprint density at radius 1 is 0.889 bits per heavy atom. The van der Waals surface area contributed by atoms with E-state index in [4.69, 9.17) is 11.6 Å². The van der Waals surface area contributed by atoms with Crippen molar-refractivity contribution < 1.29 is 19.5 Å². The summed E-state index contributed by atoms with van der Waals surface area (Å²) in [6, 6.07) is 15.4. The number of carbonyl (C=O) groups excluding carboxylic acids is 2. The van der Waals surface area contributed by atoms with Crippen LogP contribution in [-0.4, -0.2) is 22.9 Å². The number of carbonyl (C=O) groups is 3. The maximum Gasteiger partial charge on any atom is 0.352 e. The Kier molecular flexibility index (Phi) is 6.91. The fourth-order valence-corrected chi connectivity index (χ4v) is 2.37. The van der Waals surface area contributed by atoms with E-state index in [1.54, 1.807) is 48.5 Å². The van der Waals surface area contributed by atoms with Crippen molar-refractivity contribution in [3.63, 3.8) is 0 Å². The standard InChI is InChI=1S/C20H17ClN2O4/c1-13(24)22-17(11-14-6-3-2-4-7-14)19(25)23-18(20(26)27)12-15-8-5-9-16(21)10-15/h2-12H,1H3,(H,22,24)(H,23,25)(H,26,27). The number of carboxylic acids is 1. The Labute approximate surface area is 161 Å². The maximum absolute atomic E-state index is 12.5. The first-order valence-electron chi connectivity index (χ1n) is 7.91. The molecule has 0 bridgehead atoms. The lowest BCUT2D eigenvalue weighted by molar-refractivity contribution is -0.134. The number of hydrogen-bond acceptors (Lipinski definition) is 3. The van der Waals surface area contributed by atoms with E-state index in [1.165, 1.54) is 19.1 Å². The summed E-state index contributed by atoms with van der Waals surface area (Å²) in [5.74, 6) is -2.54. The molecule has 0 aliphatic heterocycles. The number of amides is 2. The minimum Gasteiger partial charge on any atom is -0.477 e. The highest BCUT2D eigenvalue weighted by Gasteiger charge is 2.16. The third-order valence-corrected chi connectivity index (χ3v) is 3.54. The van der Waals surface area contributed by atoms with Crippen LogP contribution < -0.4 is 10.6 Å². The summed E-state index contributed by atoms with van der Waals surface area (Å²) in [4.78, 5) is 35.5. The topological polar surface area (TPSA) is 95.5 Å². The normalized spacial score (nSPS) is 11.6. The molecular weight excluding hydrogens is 368 g/mol. The van der Waals surface area contributed by atoms with Gasteiger partial charge in [-0.15, -0.1) is 0 Å². The number of hydrogen-bond donors (Lipinski definition) is 3. The molecule has 0 aliphatic carbocycles. The highest BCUT2D eigenvalue weighted by molar-refractivity contribution is 6.30. The largest absolute Gasteiger partial charge is 0.477 e. The molecule has 2 amide bonds. The SMILES string of the molecule is CC(=O)NC(=Cc1ccccc1)C(=O)NC(=Cc1cccc(Cl)c1)C(=O)O. The van der Waals surface area contributed by atoms with Crippen molar-refractivity contribution in [3.8, 4) is 0 Å². The van der Waals surface area contributed by atoms with Crippen LogP contribution in [0.5, 0.6) is 0 Å². The van der Waals surface area contributed by atoms with Crippen LogP contribution in [0, 0.1) is 0 Å². The van der Waals surface area contributed by atoms with Gasteiger partial charge in [-0.25, -0.2) is 4.79 Å². The summed E-state index contributed by atoms with van der Waals surface area (Å²) < 4.78 is 0. The third kappa shape index (κ3) is 6.45. The molecule has 0 fully saturated rings. The molecule has 0 aromatic heterocycles. The molecule has 0 saturated heterocycles. The molecule has 2 aromatic carbocycles. The second-order valence-electron chi connectivity index (χ2n) is 5.52. The number of aliphatic carboxylic acids is 1. The van der Waals surface area contributed by atoms with Gasteiger partial charge in [0, 0.05) is 11.9 Å². The van der Waals surface area contributed by atoms with Crippen LogP contribution in [0.4, 0.5) is 0 Å². The lowest BCUT2D eigenvalue weighted by Crippen LogP contribution is -2.35. The smallest absolute Gasteiger partial charge is 0.352 e. The number of rotatable bonds is 6. The molecule has 0 radical (unpaired) electrons. The molecule has 0 saturated carbocycles. The summed E-state index contributed by atoms with van der Waals surface area (Å²) in [6.45, 7) is 1.26. The third-order valence-electron chi connectivity index (χ3n) is 3.30. The zero-order chi connectivity index (χ0) is 19.8. The average Bonchev–Trinajstić information content (AvgIpc) is 2.61. The van der Waals surface area contributed by atoms with Crippen molar-refractivity contribution in [2.24, 2.45) is 0 Å². The first-order valence-corrected chi connectivity index (χ1v) is 8.29. The van der Waals surface area contributed by atoms with Gasteiger partial charge in [-0.3, -0.25) is 9.59 Å². The van der Waals surface area contributed by atoms with E-state index in [-0.39, 0.29) is 11.4 Å². The summed E-state index contributed by atoms with van der Waals surface area (Å²) in [7, 11) is 0. The van der Waals surface area contributed by atoms with E-state index in [0.29, 0.717) is 16.1 Å². The summed E-state index contributed by atoms with van der Waals surface area (Å²) in [5, 5.41) is 14.5. The van der Waals surface area contributed by atoms with E-state index in [9.17, 15) is 19.5 Å². The van der Waals surface area contributed by atoms with Gasteiger partial charge in [0.25, 0.3) is 5.91 Å². The molecule has 0 unspecified atom stereocenters. The summed E-state index contributed by atoms with van der Waals surface area (Å²) in [6.07, 6.45) is 2.73. The molecule has 0 heterocycles. The van der Waals surface area contributed by atoms with Crippen LogP contribution in [0.2, 0.25) is 5.02 Å². The highest BCUT2D eigenvalue weighted by Crippen LogP contribution is 2.14. The van der Waals surface area contributed by atoms with Gasteiger partial charge < -0.3 is 15.7 Å². The van der Waals surface area contributed by atoms with Crippen LogP contribution in [0.25, 0.3) is 12.2 Å². The molecule has 0 aliphatic rings. The second-order valence-corrected chi connectivity index (χ2v) is 5.96. The Bertz CT molecular complexity index is 921. The van der Waals surface area contributed by atoms with Crippen molar-refractivity contribution in [1.29, 1.82) is 0 Å². The summed E-state index contributed by atoms with van der Waals surface area (Å²) in [5.41, 5.74) is 0.749. The molecule has 7 heteroatoms. The average molecular weight is 385 g/mol. The predicted molar refractivity (Wildman–Crippen MR) is 103 cm³/mol. The highest BCUT2D eigenvalue weighted by atomic mass is 35.5. The molecular formula is C20H17ClN2O4. The minimum atomic E-state index is -1.33. The van der Waals surface area contributed by atoms with Gasteiger partial charge in [-0.1, -0.05) is 54.1 Å². The fraction of sp³-hybridized carbons (Fsp3) is 0.0500. The molecule has 138 valence electrons. The predicted octanol–water partition coefficient (Wildman–Crippen LogP) is 3.06. The summed E-state index contributed by atoms with van der Waals surface area (Å²) >= 11 is 5.89. The van der Waals surface area contributed by atoms with Crippen LogP contribution in [0.15, 0.2) is 66.0 Å². The van der Waals surface area contributed by atoms with E-state index in [0.717, 1.165) is 0 Å². The van der Waals surface area contributed by atoms with Crippen molar-refractivity contribution in [2.45, 2.75) is 6.92 Å². The minimum absolute atomic E-state index is 0.0769. The van der Waals surface area contributed by atoms with E-state index >= 15 is 0 Å². The lowest BCUT2D eigenvalue weighted by atomic mass is 10.1. The van der Waals surface area contributed by atoms with Gasteiger partial charge in [0.15, 0.2) is 0 Å². The monoisotopic (exact) mass is 384 g/mol. The molecule has 3 N–H and O–H groups in total. The van der Waals surface area contributed by atoms with E-state index < -0.39 is 17.8 Å². The van der Waals surface area contributed by atoms with Gasteiger partial charge >= 0.3 is 5.97 Å². The quantitative estimate of drug-likeness (QED) is 0.667. The molecule has 27 heavy (non-hydrogen) atoms. The molecule has 6 nitrogen and oxygen atoms in total. The van der Waals surface area contributed by atoms with Crippen LogP contribution in [-0.2, 0) is 14.4 Å². The number of carboxylic acid groups (broad SMARTS) is 1. The molecule has 0 atom stereocenters. The Morgan fingerprint density at radius 2 is 1.52 bits per heavy atom. The van der Waals surface area contributed by atoms with Crippen molar-refractivity contribution >= 4 is 41.5 Å². The van der Waals surface area contributed by atoms with Gasteiger partial charge in [0.2, 0.25) is 5.91 Å². The van der Waals surface area contributed by atoms with Crippen molar-refractivity contribution in [2.75, 3.05) is 0 Å². The van der Waals surface area contributed by atoms with Crippen LogP contribution >= 0.6 is 11.6 Å². The van der Waals surface area contributed by atoms with Crippen molar-refractivity contribution in [1.82, 2.24) is 10.6 Å². The van der Waals surface area contributed by atoms with E-state index in [2.05, 4.69) is 10.6 Å². The number of benzene rings is 2. The van der Waals surface area contributed by atoms with Crippen LogP contribution in [0.3, 0.4) is 0 Å². The zero-order valence-corrected chi connectivity index (χ0v) is 15.2. The number of nitrogens with one attached hydrogen (secondary N) is 2. The van der Waals surface area contributed by atoms with Gasteiger partial charge in [0.05, 0.1) is 0 Å². The maximum atomic E-state index is 12.5. The van der Waals surface area contributed by atoms with E-state index in [1.807, 2.05) is 6.07 Å². The Hall–Kier alpha value is -3.38. The van der Waals surface area contributed by atoms with Gasteiger partial charge in [-0.05, 0) is 35.4 Å². The van der Waals surface area contributed by atoms with Crippen molar-refractivity contribution in [3.05, 3.63) is 82.1 Å².